The molecular formula is C16H22N2O4S. The molecule has 2 amide bonds. The number of likely N-dealkylation sites (tertiary alicyclic amines) is 1. The van der Waals surface area contributed by atoms with Crippen LogP contribution in [0.3, 0.4) is 0 Å². The Morgan fingerprint density at radius 1 is 1.22 bits per heavy atom. The molecular weight excluding hydrogens is 316 g/mol. The summed E-state index contributed by atoms with van der Waals surface area (Å²) in [6, 6.07) is 0. The summed E-state index contributed by atoms with van der Waals surface area (Å²) in [5, 5.41) is 3.13. The van der Waals surface area contributed by atoms with E-state index in [4.69, 9.17) is 4.74 Å². The Bertz CT molecular complexity index is 632. The van der Waals surface area contributed by atoms with Crippen molar-refractivity contribution in [2.45, 2.75) is 46.6 Å². The fourth-order valence-corrected chi connectivity index (χ4v) is 3.68. The van der Waals surface area contributed by atoms with Crippen LogP contribution in [0.15, 0.2) is 0 Å². The SMILES string of the molecule is CC(=O)Nc1sc(C)c(C)c1C(=O)O[C@H](C)C(=O)N1CCCC1. The number of carbonyl (C=O) groups is 3. The third-order valence-corrected chi connectivity index (χ3v) is 5.05. The topological polar surface area (TPSA) is 75.7 Å². The molecule has 1 fully saturated rings. The van der Waals surface area contributed by atoms with Crippen LogP contribution in [0, 0.1) is 13.8 Å². The van der Waals surface area contributed by atoms with Gasteiger partial charge in [-0.3, -0.25) is 9.59 Å². The number of amides is 2. The number of carbonyl (C=O) groups excluding carboxylic acids is 3. The maximum absolute atomic E-state index is 12.5. The second kappa shape index (κ2) is 7.12. The maximum atomic E-state index is 12.5. The van der Waals surface area contributed by atoms with Gasteiger partial charge in [0.1, 0.15) is 5.00 Å². The minimum absolute atomic E-state index is 0.165. The van der Waals surface area contributed by atoms with Crippen molar-refractivity contribution in [1.82, 2.24) is 4.90 Å². The molecule has 0 spiro atoms. The zero-order chi connectivity index (χ0) is 17.1. The summed E-state index contributed by atoms with van der Waals surface area (Å²) in [6.45, 7) is 8.09. The number of ether oxygens (including phenoxy) is 1. The van der Waals surface area contributed by atoms with Gasteiger partial charge in [-0.05, 0) is 39.2 Å². The van der Waals surface area contributed by atoms with Crippen molar-refractivity contribution < 1.29 is 19.1 Å². The van der Waals surface area contributed by atoms with Crippen LogP contribution < -0.4 is 5.32 Å². The van der Waals surface area contributed by atoms with Crippen LogP contribution in [0.1, 0.15) is 47.5 Å². The van der Waals surface area contributed by atoms with Crippen molar-refractivity contribution in [3.05, 3.63) is 16.0 Å². The predicted molar refractivity (Wildman–Crippen MR) is 88.8 cm³/mol. The van der Waals surface area contributed by atoms with Crippen LogP contribution in [0.25, 0.3) is 0 Å². The Morgan fingerprint density at radius 3 is 2.39 bits per heavy atom. The highest BCUT2D eigenvalue weighted by Crippen LogP contribution is 2.33. The Balaban J connectivity index is 2.13. The van der Waals surface area contributed by atoms with Crippen molar-refractivity contribution in [3.8, 4) is 0 Å². The molecule has 0 unspecified atom stereocenters. The molecule has 0 bridgehead atoms. The molecule has 0 saturated carbocycles. The van der Waals surface area contributed by atoms with Gasteiger partial charge in [-0.25, -0.2) is 4.79 Å². The first-order chi connectivity index (χ1) is 10.8. The van der Waals surface area contributed by atoms with Crippen molar-refractivity contribution in [2.75, 3.05) is 18.4 Å². The number of nitrogens with one attached hydrogen (secondary N) is 1. The first kappa shape index (κ1) is 17.5. The zero-order valence-electron chi connectivity index (χ0n) is 13.9. The van der Waals surface area contributed by atoms with Crippen LogP contribution in [-0.2, 0) is 14.3 Å². The van der Waals surface area contributed by atoms with E-state index < -0.39 is 12.1 Å². The molecule has 1 saturated heterocycles. The number of esters is 1. The van der Waals surface area contributed by atoms with E-state index >= 15 is 0 Å². The monoisotopic (exact) mass is 338 g/mol. The lowest BCUT2D eigenvalue weighted by Gasteiger charge is -2.20. The van der Waals surface area contributed by atoms with Crippen molar-refractivity contribution in [3.63, 3.8) is 0 Å². The molecule has 23 heavy (non-hydrogen) atoms. The van der Waals surface area contributed by atoms with Crippen LogP contribution in [0.2, 0.25) is 0 Å². The van der Waals surface area contributed by atoms with Gasteiger partial charge in [0.05, 0.1) is 5.56 Å². The van der Waals surface area contributed by atoms with Gasteiger partial charge < -0.3 is 15.0 Å². The predicted octanol–water partition coefficient (Wildman–Crippen LogP) is 2.49. The Labute approximate surface area is 139 Å². The first-order valence-corrected chi connectivity index (χ1v) is 8.50. The summed E-state index contributed by atoms with van der Waals surface area (Å²) in [5.74, 6) is -0.987. The summed E-state index contributed by atoms with van der Waals surface area (Å²) >= 11 is 1.33. The van der Waals surface area contributed by atoms with Crippen LogP contribution in [0.5, 0.6) is 0 Å². The van der Waals surface area contributed by atoms with Gasteiger partial charge >= 0.3 is 5.97 Å². The molecule has 1 aromatic heterocycles. The largest absolute Gasteiger partial charge is 0.449 e. The fourth-order valence-electron chi connectivity index (χ4n) is 2.59. The van der Waals surface area contributed by atoms with Crippen molar-refractivity contribution >= 4 is 34.1 Å². The first-order valence-electron chi connectivity index (χ1n) is 7.68. The second-order valence-electron chi connectivity index (χ2n) is 5.75. The highest BCUT2D eigenvalue weighted by molar-refractivity contribution is 7.16. The molecule has 1 N–H and O–H groups in total. The summed E-state index contributed by atoms with van der Waals surface area (Å²) in [6.07, 6.45) is 1.15. The van der Waals surface area contributed by atoms with Gasteiger partial charge in [-0.1, -0.05) is 0 Å². The molecule has 1 aliphatic rings. The average molecular weight is 338 g/mol. The minimum atomic E-state index is -0.828. The molecule has 2 rings (SSSR count). The summed E-state index contributed by atoms with van der Waals surface area (Å²) < 4.78 is 5.35. The Morgan fingerprint density at radius 2 is 1.83 bits per heavy atom. The maximum Gasteiger partial charge on any atom is 0.342 e. The number of hydrogen-bond donors (Lipinski definition) is 1. The molecule has 0 radical (unpaired) electrons. The summed E-state index contributed by atoms with van der Waals surface area (Å²) in [5.41, 5.74) is 1.10. The second-order valence-corrected chi connectivity index (χ2v) is 6.97. The van der Waals surface area contributed by atoms with Gasteiger partial charge in [0.2, 0.25) is 5.91 Å². The summed E-state index contributed by atoms with van der Waals surface area (Å²) in [4.78, 5) is 38.7. The Hall–Kier alpha value is -1.89. The van der Waals surface area contributed by atoms with E-state index in [9.17, 15) is 14.4 Å². The molecule has 0 aromatic carbocycles. The fraction of sp³-hybridized carbons (Fsp3) is 0.562. The van der Waals surface area contributed by atoms with E-state index in [1.165, 1.54) is 18.3 Å². The standard InChI is InChI=1S/C16H22N2O4S/c1-9-11(3)23-14(17-12(4)19)13(9)16(21)22-10(2)15(20)18-7-5-6-8-18/h10H,5-8H2,1-4H3,(H,17,19)/t10-/m1/s1. The number of anilines is 1. The molecule has 1 atom stereocenters. The van der Waals surface area contributed by atoms with Gasteiger partial charge in [0.15, 0.2) is 6.10 Å². The lowest BCUT2D eigenvalue weighted by molar-refractivity contribution is -0.138. The van der Waals surface area contributed by atoms with E-state index in [1.807, 2.05) is 6.92 Å². The lowest BCUT2D eigenvalue weighted by Crippen LogP contribution is -2.38. The third-order valence-electron chi connectivity index (χ3n) is 3.93. The van der Waals surface area contributed by atoms with Gasteiger partial charge in [-0.2, -0.15) is 0 Å². The number of hydrogen-bond acceptors (Lipinski definition) is 5. The number of nitrogens with zero attached hydrogens (tertiary/aromatic N) is 1. The van der Waals surface area contributed by atoms with E-state index in [-0.39, 0.29) is 11.8 Å². The minimum Gasteiger partial charge on any atom is -0.449 e. The van der Waals surface area contributed by atoms with Crippen molar-refractivity contribution in [2.24, 2.45) is 0 Å². The molecule has 126 valence electrons. The van der Waals surface area contributed by atoms with Crippen LogP contribution in [0.4, 0.5) is 5.00 Å². The molecule has 1 aliphatic heterocycles. The Kier molecular flexibility index (Phi) is 5.41. The number of aryl methyl sites for hydroxylation is 1. The van der Waals surface area contributed by atoms with E-state index in [0.717, 1.165) is 23.3 Å². The average Bonchev–Trinajstić information content (AvgIpc) is 3.07. The third kappa shape index (κ3) is 3.90. The van der Waals surface area contributed by atoms with E-state index in [2.05, 4.69) is 5.32 Å². The number of rotatable bonds is 4. The number of thiophene rings is 1. The molecule has 7 heteroatoms. The highest BCUT2D eigenvalue weighted by Gasteiger charge is 2.29. The molecule has 1 aromatic rings. The quantitative estimate of drug-likeness (QED) is 0.856. The highest BCUT2D eigenvalue weighted by atomic mass is 32.1. The normalized spacial score (nSPS) is 15.4. The van der Waals surface area contributed by atoms with E-state index in [1.54, 1.807) is 18.7 Å². The van der Waals surface area contributed by atoms with Crippen LogP contribution >= 0.6 is 11.3 Å². The van der Waals surface area contributed by atoms with E-state index in [0.29, 0.717) is 23.7 Å². The molecule has 6 nitrogen and oxygen atoms in total. The molecule has 2 heterocycles. The van der Waals surface area contributed by atoms with Gasteiger partial charge in [0, 0.05) is 24.9 Å². The lowest BCUT2D eigenvalue weighted by atomic mass is 10.1. The van der Waals surface area contributed by atoms with Gasteiger partial charge in [0.25, 0.3) is 5.91 Å². The van der Waals surface area contributed by atoms with Crippen molar-refractivity contribution in [1.29, 1.82) is 0 Å². The van der Waals surface area contributed by atoms with Gasteiger partial charge in [-0.15, -0.1) is 11.3 Å². The smallest absolute Gasteiger partial charge is 0.342 e. The van der Waals surface area contributed by atoms with Crippen LogP contribution in [-0.4, -0.2) is 41.9 Å². The summed E-state index contributed by atoms with van der Waals surface area (Å²) in [7, 11) is 0. The molecule has 0 aliphatic carbocycles. The zero-order valence-corrected chi connectivity index (χ0v) is 14.7.